The summed E-state index contributed by atoms with van der Waals surface area (Å²) in [5.74, 6) is -0.806. The fraction of sp³-hybridized carbons (Fsp3) is 0.286. The molecule has 0 saturated heterocycles. The Kier molecular flexibility index (Phi) is 6.46. The van der Waals surface area contributed by atoms with Crippen LogP contribution in [0.3, 0.4) is 0 Å². The SMILES string of the molecule is O=C(COC(=O)c1ccccc1Sc1ncnc2sc3c(c12)CCC3)N[C@H]1CCCc2ccccc21. The van der Waals surface area contributed by atoms with E-state index in [9.17, 15) is 9.59 Å². The van der Waals surface area contributed by atoms with Gasteiger partial charge < -0.3 is 10.1 Å². The average molecular weight is 516 g/mol. The highest BCUT2D eigenvalue weighted by atomic mass is 32.2. The summed E-state index contributed by atoms with van der Waals surface area (Å²) in [5, 5.41) is 5.00. The van der Waals surface area contributed by atoms with E-state index in [-0.39, 0.29) is 18.6 Å². The van der Waals surface area contributed by atoms with Gasteiger partial charge in [-0.1, -0.05) is 48.2 Å². The van der Waals surface area contributed by atoms with Crippen molar-refractivity contribution in [3.05, 3.63) is 82.0 Å². The first kappa shape index (κ1) is 23.2. The van der Waals surface area contributed by atoms with Crippen LogP contribution < -0.4 is 5.32 Å². The summed E-state index contributed by atoms with van der Waals surface area (Å²) in [4.78, 5) is 37.8. The van der Waals surface area contributed by atoms with Crippen LogP contribution in [0.25, 0.3) is 10.2 Å². The number of carbonyl (C=O) groups excluding carboxylic acids is 2. The molecule has 1 amide bonds. The molecule has 0 saturated carbocycles. The van der Waals surface area contributed by atoms with Crippen LogP contribution in [0.2, 0.25) is 0 Å². The van der Waals surface area contributed by atoms with Crippen LogP contribution in [0.1, 0.15) is 57.2 Å². The number of rotatable bonds is 6. The number of nitrogens with zero attached hydrogens (tertiary/aromatic N) is 2. The van der Waals surface area contributed by atoms with Crippen molar-refractivity contribution in [2.45, 2.75) is 54.5 Å². The second-order valence-electron chi connectivity index (χ2n) is 9.10. The summed E-state index contributed by atoms with van der Waals surface area (Å²) in [6.45, 7) is -0.313. The van der Waals surface area contributed by atoms with Gasteiger partial charge in [-0.2, -0.15) is 0 Å². The zero-order valence-corrected chi connectivity index (χ0v) is 21.3. The zero-order valence-electron chi connectivity index (χ0n) is 19.7. The summed E-state index contributed by atoms with van der Waals surface area (Å²) in [6.07, 6.45) is 7.82. The highest BCUT2D eigenvalue weighted by Crippen LogP contribution is 2.42. The summed E-state index contributed by atoms with van der Waals surface area (Å²) in [7, 11) is 0. The van der Waals surface area contributed by atoms with Gasteiger partial charge in [-0.15, -0.1) is 11.3 Å². The van der Waals surface area contributed by atoms with Gasteiger partial charge in [-0.3, -0.25) is 4.79 Å². The van der Waals surface area contributed by atoms with Gasteiger partial charge in [0.1, 0.15) is 16.2 Å². The molecule has 2 heterocycles. The first-order valence-electron chi connectivity index (χ1n) is 12.2. The van der Waals surface area contributed by atoms with Crippen LogP contribution in [0.4, 0.5) is 0 Å². The van der Waals surface area contributed by atoms with Gasteiger partial charge in [0.15, 0.2) is 6.61 Å². The third kappa shape index (κ3) is 4.51. The summed E-state index contributed by atoms with van der Waals surface area (Å²) < 4.78 is 5.45. The monoisotopic (exact) mass is 515 g/mol. The predicted octanol–water partition coefficient (Wildman–Crippen LogP) is 5.68. The Morgan fingerprint density at radius 3 is 2.83 bits per heavy atom. The van der Waals surface area contributed by atoms with Gasteiger partial charge in [0.2, 0.25) is 0 Å². The number of esters is 1. The Hall–Kier alpha value is -3.23. The fourth-order valence-electron chi connectivity index (χ4n) is 5.15. The van der Waals surface area contributed by atoms with Crippen LogP contribution in [-0.4, -0.2) is 28.5 Å². The second-order valence-corrected chi connectivity index (χ2v) is 11.2. The van der Waals surface area contributed by atoms with Gasteiger partial charge in [0.25, 0.3) is 5.91 Å². The first-order valence-corrected chi connectivity index (χ1v) is 13.9. The molecule has 1 atom stereocenters. The number of aromatic nitrogens is 2. The van der Waals surface area contributed by atoms with Gasteiger partial charge >= 0.3 is 5.97 Å². The molecule has 6 rings (SSSR count). The summed E-state index contributed by atoms with van der Waals surface area (Å²) in [6, 6.07) is 15.5. The molecule has 36 heavy (non-hydrogen) atoms. The Morgan fingerprint density at radius 1 is 1.03 bits per heavy atom. The Bertz CT molecular complexity index is 1470. The lowest BCUT2D eigenvalue weighted by Crippen LogP contribution is -2.34. The zero-order chi connectivity index (χ0) is 24.5. The van der Waals surface area contributed by atoms with Crippen molar-refractivity contribution in [3.63, 3.8) is 0 Å². The lowest BCUT2D eigenvalue weighted by atomic mass is 9.88. The minimum Gasteiger partial charge on any atom is -0.452 e. The number of nitrogens with one attached hydrogen (secondary N) is 1. The molecular weight excluding hydrogens is 490 g/mol. The van der Waals surface area contributed by atoms with Gasteiger partial charge in [0, 0.05) is 15.2 Å². The molecule has 2 aliphatic carbocycles. The molecule has 0 aliphatic heterocycles. The van der Waals surface area contributed by atoms with Crippen LogP contribution >= 0.6 is 23.1 Å². The normalized spacial score (nSPS) is 16.4. The number of benzene rings is 2. The third-order valence-electron chi connectivity index (χ3n) is 6.82. The maximum atomic E-state index is 13.0. The molecule has 0 radical (unpaired) electrons. The number of fused-ring (bicyclic) bond motifs is 4. The van der Waals surface area contributed by atoms with E-state index in [4.69, 9.17) is 4.74 Å². The molecule has 182 valence electrons. The Labute approximate surface area is 217 Å². The van der Waals surface area contributed by atoms with E-state index in [0.717, 1.165) is 64.2 Å². The van der Waals surface area contributed by atoms with E-state index in [1.165, 1.54) is 27.8 Å². The lowest BCUT2D eigenvalue weighted by Gasteiger charge is -2.26. The van der Waals surface area contributed by atoms with Crippen molar-refractivity contribution in [2.24, 2.45) is 0 Å². The van der Waals surface area contributed by atoms with Crippen molar-refractivity contribution < 1.29 is 14.3 Å². The van der Waals surface area contributed by atoms with E-state index < -0.39 is 5.97 Å². The number of hydrogen-bond acceptors (Lipinski definition) is 7. The standard InChI is InChI=1S/C28H25N3O3S2/c32-24(31-21-12-5-8-17-7-1-2-9-18(17)21)15-34-28(33)20-10-3-4-13-23(20)36-27-25-19-11-6-14-22(19)35-26(25)29-16-30-27/h1-4,7,9-10,13,16,21H,5-6,8,11-12,14-15H2,(H,31,32)/t21-/m0/s1. The van der Waals surface area contributed by atoms with Gasteiger partial charge in [0.05, 0.1) is 11.6 Å². The van der Waals surface area contributed by atoms with E-state index in [1.807, 2.05) is 24.3 Å². The predicted molar refractivity (Wildman–Crippen MR) is 141 cm³/mol. The first-order chi connectivity index (χ1) is 17.7. The minimum absolute atomic E-state index is 0.0449. The molecule has 0 unspecified atom stereocenters. The van der Waals surface area contributed by atoms with Crippen molar-refractivity contribution in [1.29, 1.82) is 0 Å². The maximum absolute atomic E-state index is 13.0. The van der Waals surface area contributed by atoms with Crippen molar-refractivity contribution in [2.75, 3.05) is 6.61 Å². The molecule has 2 aliphatic rings. The largest absolute Gasteiger partial charge is 0.452 e. The quantitative estimate of drug-likeness (QED) is 0.263. The maximum Gasteiger partial charge on any atom is 0.339 e. The average Bonchev–Trinajstić information content (AvgIpc) is 3.50. The number of aryl methyl sites for hydroxylation is 3. The minimum atomic E-state index is -0.516. The van der Waals surface area contributed by atoms with Crippen LogP contribution in [0.5, 0.6) is 0 Å². The molecule has 0 bridgehead atoms. The third-order valence-corrected chi connectivity index (χ3v) is 9.10. The number of hydrogen-bond donors (Lipinski definition) is 1. The molecule has 2 aromatic carbocycles. The highest BCUT2D eigenvalue weighted by molar-refractivity contribution is 7.99. The van der Waals surface area contributed by atoms with Gasteiger partial charge in [-0.05, 0) is 67.3 Å². The van der Waals surface area contributed by atoms with E-state index in [2.05, 4.69) is 27.4 Å². The van der Waals surface area contributed by atoms with Crippen molar-refractivity contribution >= 4 is 45.2 Å². The molecule has 8 heteroatoms. The van der Waals surface area contributed by atoms with E-state index in [1.54, 1.807) is 29.8 Å². The summed E-state index contributed by atoms with van der Waals surface area (Å²) in [5.41, 5.74) is 4.20. The number of thiophene rings is 1. The molecule has 6 nitrogen and oxygen atoms in total. The second kappa shape index (κ2) is 10.0. The molecule has 4 aromatic rings. The molecule has 1 N–H and O–H groups in total. The molecule has 0 spiro atoms. The molecule has 2 aromatic heterocycles. The number of carbonyl (C=O) groups is 2. The smallest absolute Gasteiger partial charge is 0.339 e. The number of amides is 1. The van der Waals surface area contributed by atoms with E-state index >= 15 is 0 Å². The topological polar surface area (TPSA) is 81.2 Å². The fourth-order valence-corrected chi connectivity index (χ4v) is 7.49. The molecular formula is C28H25N3O3S2. The lowest BCUT2D eigenvalue weighted by molar-refractivity contribution is -0.125. The Balaban J connectivity index is 1.15. The van der Waals surface area contributed by atoms with Crippen LogP contribution in [-0.2, 0) is 28.8 Å². The number of ether oxygens (including phenoxy) is 1. The summed E-state index contributed by atoms with van der Waals surface area (Å²) >= 11 is 3.19. The van der Waals surface area contributed by atoms with E-state index in [0.29, 0.717) is 5.56 Å². The molecule has 0 fully saturated rings. The van der Waals surface area contributed by atoms with Gasteiger partial charge in [-0.25, -0.2) is 14.8 Å². The Morgan fingerprint density at radius 2 is 1.89 bits per heavy atom. The van der Waals surface area contributed by atoms with Crippen molar-refractivity contribution in [3.8, 4) is 0 Å². The van der Waals surface area contributed by atoms with Crippen LogP contribution in [0, 0.1) is 0 Å². The van der Waals surface area contributed by atoms with Crippen LogP contribution in [0.15, 0.2) is 64.8 Å². The van der Waals surface area contributed by atoms with Crippen molar-refractivity contribution in [1.82, 2.24) is 15.3 Å². The highest BCUT2D eigenvalue weighted by Gasteiger charge is 2.24.